The van der Waals surface area contributed by atoms with Gasteiger partial charge in [0.05, 0.1) is 0 Å². The molecular weight excluding hydrogens is 265 g/mol. The first-order valence-corrected chi connectivity index (χ1v) is 7.44. The van der Waals surface area contributed by atoms with Gasteiger partial charge in [-0.2, -0.15) is 0 Å². The fraction of sp³-hybridized carbons (Fsp3) is 0.333. The molecule has 1 fully saturated rings. The van der Waals surface area contributed by atoms with Crippen LogP contribution in [0.2, 0.25) is 0 Å². The number of halogens is 1. The molecule has 2 nitrogen and oxygen atoms in total. The zero-order valence-electron chi connectivity index (χ0n) is 12.0. The summed E-state index contributed by atoms with van der Waals surface area (Å²) < 4.78 is 13.7. The Labute approximate surface area is 124 Å². The molecule has 0 saturated carbocycles. The second kappa shape index (κ2) is 6.27. The SMILES string of the molecule is Oc1cccc(CC2CCN(Cc3ccccc3F)C2)c1. The molecule has 21 heavy (non-hydrogen) atoms. The Kier molecular flexibility index (Phi) is 4.20. The van der Waals surface area contributed by atoms with Gasteiger partial charge in [0, 0.05) is 18.7 Å². The van der Waals surface area contributed by atoms with E-state index in [1.165, 1.54) is 11.6 Å². The van der Waals surface area contributed by atoms with Crippen LogP contribution in [0.5, 0.6) is 5.75 Å². The lowest BCUT2D eigenvalue weighted by molar-refractivity contribution is 0.311. The van der Waals surface area contributed by atoms with E-state index < -0.39 is 0 Å². The predicted molar refractivity (Wildman–Crippen MR) is 81.6 cm³/mol. The zero-order chi connectivity index (χ0) is 14.7. The summed E-state index contributed by atoms with van der Waals surface area (Å²) in [5.74, 6) is 0.793. The molecule has 2 aromatic rings. The Balaban J connectivity index is 1.57. The molecule has 3 rings (SSSR count). The standard InChI is InChI=1S/C18H20FNO/c19-18-7-2-1-5-16(18)13-20-9-8-15(12-20)10-14-4-3-6-17(21)11-14/h1-7,11,15,21H,8-10,12-13H2. The van der Waals surface area contributed by atoms with Crippen molar-refractivity contribution in [1.82, 2.24) is 4.90 Å². The lowest BCUT2D eigenvalue weighted by Crippen LogP contribution is -2.21. The number of phenolic OH excluding ortho intramolecular Hbond substituents is 1. The van der Waals surface area contributed by atoms with Crippen molar-refractivity contribution in [3.8, 4) is 5.75 Å². The van der Waals surface area contributed by atoms with Crippen LogP contribution in [0, 0.1) is 11.7 Å². The van der Waals surface area contributed by atoms with Gasteiger partial charge in [0.1, 0.15) is 11.6 Å². The van der Waals surface area contributed by atoms with Gasteiger partial charge in [-0.3, -0.25) is 4.90 Å². The summed E-state index contributed by atoms with van der Waals surface area (Å²) >= 11 is 0. The van der Waals surface area contributed by atoms with Gasteiger partial charge in [-0.1, -0.05) is 30.3 Å². The van der Waals surface area contributed by atoms with Gasteiger partial charge in [0.25, 0.3) is 0 Å². The fourth-order valence-corrected chi connectivity index (χ4v) is 3.11. The zero-order valence-corrected chi connectivity index (χ0v) is 12.0. The first kappa shape index (κ1) is 14.1. The molecule has 3 heteroatoms. The summed E-state index contributed by atoms with van der Waals surface area (Å²) in [6.45, 7) is 2.69. The highest BCUT2D eigenvalue weighted by Crippen LogP contribution is 2.24. The molecule has 1 aliphatic heterocycles. The van der Waals surface area contributed by atoms with Crippen LogP contribution in [0.4, 0.5) is 4.39 Å². The molecule has 110 valence electrons. The smallest absolute Gasteiger partial charge is 0.127 e. The number of aromatic hydroxyl groups is 1. The van der Waals surface area contributed by atoms with Gasteiger partial charge in [0.15, 0.2) is 0 Å². The summed E-state index contributed by atoms with van der Waals surface area (Å²) in [6, 6.07) is 14.5. The number of benzene rings is 2. The highest BCUT2D eigenvalue weighted by atomic mass is 19.1. The number of hydrogen-bond acceptors (Lipinski definition) is 2. The molecule has 0 spiro atoms. The van der Waals surface area contributed by atoms with E-state index in [2.05, 4.69) is 11.0 Å². The average Bonchev–Trinajstić information content (AvgIpc) is 2.89. The van der Waals surface area contributed by atoms with E-state index in [1.54, 1.807) is 12.1 Å². The minimum Gasteiger partial charge on any atom is -0.508 e. The van der Waals surface area contributed by atoms with Crippen LogP contribution in [0.15, 0.2) is 48.5 Å². The molecule has 1 unspecified atom stereocenters. The topological polar surface area (TPSA) is 23.5 Å². The fourth-order valence-electron chi connectivity index (χ4n) is 3.11. The third kappa shape index (κ3) is 3.61. The second-order valence-electron chi connectivity index (χ2n) is 5.86. The van der Waals surface area contributed by atoms with Crippen molar-refractivity contribution >= 4 is 0 Å². The van der Waals surface area contributed by atoms with Crippen LogP contribution in [-0.2, 0) is 13.0 Å². The number of likely N-dealkylation sites (tertiary alicyclic amines) is 1. The summed E-state index contributed by atoms with van der Waals surface area (Å²) in [6.07, 6.45) is 2.10. The summed E-state index contributed by atoms with van der Waals surface area (Å²) in [4.78, 5) is 2.31. The minimum atomic E-state index is -0.117. The molecule has 0 radical (unpaired) electrons. The maximum atomic E-state index is 13.7. The largest absolute Gasteiger partial charge is 0.508 e. The van der Waals surface area contributed by atoms with Gasteiger partial charge in [-0.05, 0) is 49.1 Å². The Morgan fingerprint density at radius 3 is 2.81 bits per heavy atom. The third-order valence-corrected chi connectivity index (χ3v) is 4.16. The Hall–Kier alpha value is -1.87. The molecule has 1 heterocycles. The van der Waals surface area contributed by atoms with Crippen LogP contribution in [-0.4, -0.2) is 23.1 Å². The van der Waals surface area contributed by atoms with E-state index in [0.29, 0.717) is 18.2 Å². The highest BCUT2D eigenvalue weighted by molar-refractivity contribution is 5.27. The lowest BCUT2D eigenvalue weighted by atomic mass is 9.98. The van der Waals surface area contributed by atoms with Crippen molar-refractivity contribution in [2.24, 2.45) is 5.92 Å². The second-order valence-corrected chi connectivity index (χ2v) is 5.86. The first-order valence-electron chi connectivity index (χ1n) is 7.44. The lowest BCUT2D eigenvalue weighted by Gasteiger charge is -2.16. The molecule has 2 aromatic carbocycles. The van der Waals surface area contributed by atoms with Crippen molar-refractivity contribution in [3.63, 3.8) is 0 Å². The van der Waals surface area contributed by atoms with E-state index in [9.17, 15) is 9.50 Å². The number of nitrogens with zero attached hydrogens (tertiary/aromatic N) is 1. The van der Waals surface area contributed by atoms with Gasteiger partial charge >= 0.3 is 0 Å². The van der Waals surface area contributed by atoms with E-state index >= 15 is 0 Å². The molecule has 0 aliphatic carbocycles. The van der Waals surface area contributed by atoms with Crippen LogP contribution >= 0.6 is 0 Å². The molecule has 0 bridgehead atoms. The Morgan fingerprint density at radius 2 is 2.00 bits per heavy atom. The summed E-state index contributed by atoms with van der Waals surface area (Å²) in [5.41, 5.74) is 1.95. The average molecular weight is 285 g/mol. The van der Waals surface area contributed by atoms with Crippen molar-refractivity contribution in [3.05, 3.63) is 65.5 Å². The van der Waals surface area contributed by atoms with E-state index in [0.717, 1.165) is 31.5 Å². The molecule has 0 amide bonds. The van der Waals surface area contributed by atoms with Gasteiger partial charge in [-0.15, -0.1) is 0 Å². The molecule has 1 atom stereocenters. The van der Waals surface area contributed by atoms with Crippen molar-refractivity contribution in [2.45, 2.75) is 19.4 Å². The normalized spacial score (nSPS) is 19.0. The minimum absolute atomic E-state index is 0.117. The van der Waals surface area contributed by atoms with E-state index in [4.69, 9.17) is 0 Å². The number of rotatable bonds is 4. The van der Waals surface area contributed by atoms with Gasteiger partial charge in [-0.25, -0.2) is 4.39 Å². The van der Waals surface area contributed by atoms with Crippen LogP contribution in [0.3, 0.4) is 0 Å². The predicted octanol–water partition coefficient (Wildman–Crippen LogP) is 3.60. The molecule has 1 N–H and O–H groups in total. The molecule has 1 aliphatic rings. The van der Waals surface area contributed by atoms with Crippen LogP contribution in [0.25, 0.3) is 0 Å². The number of hydrogen-bond donors (Lipinski definition) is 1. The highest BCUT2D eigenvalue weighted by Gasteiger charge is 2.23. The molecule has 0 aromatic heterocycles. The maximum absolute atomic E-state index is 13.7. The summed E-state index contributed by atoms with van der Waals surface area (Å²) in [5, 5.41) is 9.51. The van der Waals surface area contributed by atoms with Gasteiger partial charge in [0.2, 0.25) is 0 Å². The number of phenols is 1. The monoisotopic (exact) mass is 285 g/mol. The summed E-state index contributed by atoms with van der Waals surface area (Å²) in [7, 11) is 0. The van der Waals surface area contributed by atoms with Crippen molar-refractivity contribution < 1.29 is 9.50 Å². The maximum Gasteiger partial charge on any atom is 0.127 e. The molecule has 1 saturated heterocycles. The molecular formula is C18H20FNO. The Morgan fingerprint density at radius 1 is 1.14 bits per heavy atom. The van der Waals surface area contributed by atoms with Gasteiger partial charge < -0.3 is 5.11 Å². The Bertz CT molecular complexity index is 614. The van der Waals surface area contributed by atoms with Crippen LogP contribution in [0.1, 0.15) is 17.5 Å². The van der Waals surface area contributed by atoms with E-state index in [-0.39, 0.29) is 5.82 Å². The van der Waals surface area contributed by atoms with Crippen LogP contribution < -0.4 is 0 Å². The van der Waals surface area contributed by atoms with Crippen molar-refractivity contribution in [1.29, 1.82) is 0 Å². The first-order chi connectivity index (χ1) is 10.2. The quantitative estimate of drug-likeness (QED) is 0.928. The van der Waals surface area contributed by atoms with E-state index in [1.807, 2.05) is 24.3 Å². The van der Waals surface area contributed by atoms with Crippen molar-refractivity contribution in [2.75, 3.05) is 13.1 Å². The third-order valence-electron chi connectivity index (χ3n) is 4.16.